The minimum absolute atomic E-state index is 0.157. The van der Waals surface area contributed by atoms with Crippen LogP contribution < -0.4 is 0 Å². The van der Waals surface area contributed by atoms with Gasteiger partial charge in [0.1, 0.15) is 0 Å². The summed E-state index contributed by atoms with van der Waals surface area (Å²) in [6.45, 7) is 7.43. The van der Waals surface area contributed by atoms with Crippen LogP contribution in [0.15, 0.2) is 22.6 Å². The van der Waals surface area contributed by atoms with Crippen LogP contribution in [0.1, 0.15) is 40.5 Å². The molecule has 0 heterocycles. The molecule has 2 aliphatic carbocycles. The standard InChI is InChI=1S/C13H20O2S/c1-5-11-9-6-7-10(8-9)12(11)16(14,15)13(2,3)4/h6-7,9-10H,5,8H2,1-4H3. The molecule has 0 aromatic carbocycles. The van der Waals surface area contributed by atoms with Crippen LogP contribution in [0.25, 0.3) is 0 Å². The summed E-state index contributed by atoms with van der Waals surface area (Å²) in [5.74, 6) is 0.547. The Morgan fingerprint density at radius 3 is 2.31 bits per heavy atom. The zero-order valence-corrected chi connectivity index (χ0v) is 11.3. The predicted molar refractivity (Wildman–Crippen MR) is 66.7 cm³/mol. The Morgan fingerprint density at radius 2 is 1.81 bits per heavy atom. The van der Waals surface area contributed by atoms with Crippen molar-refractivity contribution >= 4 is 9.84 Å². The zero-order chi connectivity index (χ0) is 12.1. The minimum Gasteiger partial charge on any atom is -0.223 e. The van der Waals surface area contributed by atoms with Crippen LogP contribution in [0.3, 0.4) is 0 Å². The molecule has 2 aliphatic rings. The van der Waals surface area contributed by atoms with Gasteiger partial charge in [-0.05, 0) is 45.1 Å². The maximum Gasteiger partial charge on any atom is 0.180 e. The third-order valence-corrected chi connectivity index (χ3v) is 6.42. The molecule has 16 heavy (non-hydrogen) atoms. The van der Waals surface area contributed by atoms with Gasteiger partial charge in [0.05, 0.1) is 9.65 Å². The fraction of sp³-hybridized carbons (Fsp3) is 0.692. The number of allylic oxidation sites excluding steroid dienone is 4. The van der Waals surface area contributed by atoms with Gasteiger partial charge in [-0.2, -0.15) is 0 Å². The molecule has 0 aromatic heterocycles. The molecule has 0 spiro atoms. The Hall–Kier alpha value is -0.570. The van der Waals surface area contributed by atoms with Gasteiger partial charge in [-0.3, -0.25) is 0 Å². The Labute approximate surface area is 98.4 Å². The first-order chi connectivity index (χ1) is 7.29. The molecule has 0 N–H and O–H groups in total. The van der Waals surface area contributed by atoms with Crippen LogP contribution in [0.4, 0.5) is 0 Å². The lowest BCUT2D eigenvalue weighted by atomic mass is 10.0. The average Bonchev–Trinajstić information content (AvgIpc) is 2.73. The van der Waals surface area contributed by atoms with Crippen LogP contribution in [0.5, 0.6) is 0 Å². The monoisotopic (exact) mass is 240 g/mol. The summed E-state index contributed by atoms with van der Waals surface area (Å²) in [7, 11) is -3.14. The number of hydrogen-bond donors (Lipinski definition) is 0. The molecule has 0 fully saturated rings. The molecular formula is C13H20O2S. The van der Waals surface area contributed by atoms with E-state index < -0.39 is 14.6 Å². The van der Waals surface area contributed by atoms with E-state index >= 15 is 0 Å². The highest BCUT2D eigenvalue weighted by atomic mass is 32.2. The third-order valence-electron chi connectivity index (χ3n) is 3.66. The molecular weight excluding hydrogens is 220 g/mol. The van der Waals surface area contributed by atoms with Gasteiger partial charge in [0.2, 0.25) is 0 Å². The maximum absolute atomic E-state index is 12.5. The second kappa shape index (κ2) is 3.46. The lowest BCUT2D eigenvalue weighted by Gasteiger charge is -2.24. The van der Waals surface area contributed by atoms with Crippen molar-refractivity contribution in [1.82, 2.24) is 0 Å². The molecule has 0 saturated heterocycles. The van der Waals surface area contributed by atoms with E-state index in [9.17, 15) is 8.42 Å². The first-order valence-electron chi connectivity index (χ1n) is 5.95. The fourth-order valence-electron chi connectivity index (χ4n) is 2.71. The Bertz CT molecular complexity index is 461. The van der Waals surface area contributed by atoms with Gasteiger partial charge in [0.15, 0.2) is 9.84 Å². The topological polar surface area (TPSA) is 34.1 Å². The molecule has 3 heteroatoms. The van der Waals surface area contributed by atoms with Crippen LogP contribution in [0.2, 0.25) is 0 Å². The maximum atomic E-state index is 12.5. The second-order valence-corrected chi connectivity index (χ2v) is 8.36. The van der Waals surface area contributed by atoms with Crippen molar-refractivity contribution < 1.29 is 8.42 Å². The average molecular weight is 240 g/mol. The second-order valence-electron chi connectivity index (χ2n) is 5.69. The van der Waals surface area contributed by atoms with E-state index in [1.807, 2.05) is 0 Å². The molecule has 0 aromatic rings. The first kappa shape index (κ1) is 11.9. The highest BCUT2D eigenvalue weighted by Crippen LogP contribution is 2.49. The summed E-state index contributed by atoms with van der Waals surface area (Å²) in [4.78, 5) is 0.731. The van der Waals surface area contributed by atoms with Gasteiger partial charge in [0.25, 0.3) is 0 Å². The summed E-state index contributed by atoms with van der Waals surface area (Å²) in [6, 6.07) is 0. The van der Waals surface area contributed by atoms with Crippen LogP contribution >= 0.6 is 0 Å². The normalized spacial score (nSPS) is 29.2. The van der Waals surface area contributed by atoms with Crippen molar-refractivity contribution in [3.05, 3.63) is 22.6 Å². The van der Waals surface area contributed by atoms with Crippen LogP contribution in [-0.2, 0) is 9.84 Å². The highest BCUT2D eigenvalue weighted by Gasteiger charge is 2.44. The van der Waals surface area contributed by atoms with Crippen molar-refractivity contribution in [3.63, 3.8) is 0 Å². The Morgan fingerprint density at radius 1 is 1.25 bits per heavy atom. The first-order valence-corrected chi connectivity index (χ1v) is 7.43. The third kappa shape index (κ3) is 1.48. The van der Waals surface area contributed by atoms with Gasteiger partial charge >= 0.3 is 0 Å². The molecule has 2 nitrogen and oxygen atoms in total. The van der Waals surface area contributed by atoms with E-state index in [1.54, 1.807) is 20.8 Å². The number of fused-ring (bicyclic) bond motifs is 2. The quantitative estimate of drug-likeness (QED) is 0.695. The smallest absolute Gasteiger partial charge is 0.180 e. The molecule has 0 amide bonds. The van der Waals surface area contributed by atoms with Gasteiger partial charge in [-0.1, -0.05) is 19.1 Å². The largest absolute Gasteiger partial charge is 0.223 e. The van der Waals surface area contributed by atoms with E-state index in [2.05, 4.69) is 19.1 Å². The van der Waals surface area contributed by atoms with Crippen molar-refractivity contribution in [1.29, 1.82) is 0 Å². The molecule has 2 rings (SSSR count). The van der Waals surface area contributed by atoms with Crippen molar-refractivity contribution in [2.24, 2.45) is 11.8 Å². The molecule has 2 atom stereocenters. The molecule has 90 valence electrons. The molecule has 0 aliphatic heterocycles. The van der Waals surface area contributed by atoms with Crippen molar-refractivity contribution in [2.75, 3.05) is 0 Å². The van der Waals surface area contributed by atoms with Gasteiger partial charge in [0, 0.05) is 5.92 Å². The summed E-state index contributed by atoms with van der Waals surface area (Å²) >= 11 is 0. The predicted octanol–water partition coefficient (Wildman–Crippen LogP) is 3.07. The zero-order valence-electron chi connectivity index (χ0n) is 10.4. The van der Waals surface area contributed by atoms with Gasteiger partial charge in [-0.25, -0.2) is 8.42 Å². The lowest BCUT2D eigenvalue weighted by molar-refractivity contribution is 0.562. The van der Waals surface area contributed by atoms with E-state index in [4.69, 9.17) is 0 Å². The van der Waals surface area contributed by atoms with Gasteiger partial charge in [-0.15, -0.1) is 0 Å². The number of hydrogen-bond acceptors (Lipinski definition) is 2. The number of rotatable bonds is 2. The Kier molecular flexibility index (Phi) is 2.57. The van der Waals surface area contributed by atoms with E-state index in [-0.39, 0.29) is 5.92 Å². The summed E-state index contributed by atoms with van der Waals surface area (Å²) in [6.07, 6.45) is 6.08. The fourth-order valence-corrected chi connectivity index (χ4v) is 4.58. The highest BCUT2D eigenvalue weighted by molar-refractivity contribution is 7.96. The minimum atomic E-state index is -3.14. The molecule has 0 saturated carbocycles. The van der Waals surface area contributed by atoms with E-state index in [0.29, 0.717) is 5.92 Å². The van der Waals surface area contributed by atoms with Crippen molar-refractivity contribution in [2.45, 2.75) is 45.3 Å². The summed E-state index contributed by atoms with van der Waals surface area (Å²) < 4.78 is 24.4. The Balaban J connectivity index is 2.53. The van der Waals surface area contributed by atoms with Gasteiger partial charge < -0.3 is 0 Å². The molecule has 2 unspecified atom stereocenters. The summed E-state index contributed by atoms with van der Waals surface area (Å²) in [5, 5.41) is 0. The van der Waals surface area contributed by atoms with E-state index in [1.165, 1.54) is 0 Å². The van der Waals surface area contributed by atoms with E-state index in [0.717, 1.165) is 23.3 Å². The van der Waals surface area contributed by atoms with Crippen molar-refractivity contribution in [3.8, 4) is 0 Å². The molecule has 2 bridgehead atoms. The number of sulfone groups is 1. The SMILES string of the molecule is CCC1=C(S(=O)(=O)C(C)(C)C)C2C=CC1C2. The lowest BCUT2D eigenvalue weighted by Crippen LogP contribution is -2.31. The van der Waals surface area contributed by atoms with Crippen LogP contribution in [-0.4, -0.2) is 13.2 Å². The van der Waals surface area contributed by atoms with Crippen LogP contribution in [0, 0.1) is 11.8 Å². The molecule has 0 radical (unpaired) electrons. The summed E-state index contributed by atoms with van der Waals surface area (Å²) in [5.41, 5.74) is 1.16.